The van der Waals surface area contributed by atoms with Gasteiger partial charge in [-0.15, -0.1) is 0 Å². The molecule has 58 heavy (non-hydrogen) atoms. The second-order valence-electron chi connectivity index (χ2n) is 15.0. The Morgan fingerprint density at radius 2 is 1.78 bits per heavy atom. The number of aliphatic hydroxyl groups is 1. The summed E-state index contributed by atoms with van der Waals surface area (Å²) in [5.41, 5.74) is -3.10. The average Bonchev–Trinajstić information content (AvgIpc) is 3.65. The number of aromatic nitrogens is 5. The Morgan fingerprint density at radius 3 is 2.43 bits per heavy atom. The number of hydrogen-bond acceptors (Lipinski definition) is 7. The molecule has 1 fully saturated rings. The molecule has 5 aromatic rings. The first-order valence-electron chi connectivity index (χ1n) is 18.1. The number of anilines is 1. The zero-order valence-corrected chi connectivity index (χ0v) is 32.2. The number of Topliss-reactive ketones (excluding diaryl/α,β-unsaturated/α-hetero) is 1. The average molecular weight is 832 g/mol. The highest BCUT2D eigenvalue weighted by molar-refractivity contribution is 7.90. The normalized spacial score (nSPS) is 17.7. The van der Waals surface area contributed by atoms with Crippen LogP contribution >= 0.6 is 0 Å². The Bertz CT molecular complexity index is 2620. The van der Waals surface area contributed by atoms with Gasteiger partial charge >= 0.3 is 6.18 Å². The van der Waals surface area contributed by atoms with Crippen molar-refractivity contribution in [2.24, 2.45) is 13.0 Å². The Morgan fingerprint density at radius 1 is 1.07 bits per heavy atom. The van der Waals surface area contributed by atoms with Gasteiger partial charge in [0.25, 0.3) is 16.1 Å². The number of ketones is 1. The number of aryl methyl sites for hydroxylation is 1. The van der Waals surface area contributed by atoms with Crippen molar-refractivity contribution in [1.82, 2.24) is 29.3 Å². The molecule has 2 aliphatic carbocycles. The van der Waals surface area contributed by atoms with Crippen LogP contribution in [-0.4, -0.2) is 56.0 Å². The summed E-state index contributed by atoms with van der Waals surface area (Å²) in [5, 5.41) is 18.5. The molecular weight excluding hydrogens is 796 g/mol. The van der Waals surface area contributed by atoms with E-state index < -0.39 is 93.0 Å². The summed E-state index contributed by atoms with van der Waals surface area (Å²) >= 11 is 0. The van der Waals surface area contributed by atoms with Gasteiger partial charge in [-0.2, -0.15) is 45.3 Å². The molecular formula is C39H36F7N7O4S. The second kappa shape index (κ2) is 14.5. The standard InChI is InChI=1S/C39H36F7N7O4S/c1-5-47-58(56,57)51-36-28-8-6-7-27(33(28)52(4)50-36)26-10-9-24(11-12-37(2,3)55)48-32(26)21(13-20-14-22(40)17-23(41)15-20)16-25(54)19-53-35-31(34(49-53)39(44,45)46)29-18-30(29)38(35,42)43/h6-10,14-15,17,21,29-30,47,55H,5,13,16,18-19H2,1-4H3,(H,50,51)/t21-,29+,30-/m1/s1. The van der Waals surface area contributed by atoms with Crippen LogP contribution in [0.2, 0.25) is 0 Å². The lowest BCUT2D eigenvalue weighted by Crippen LogP contribution is -2.30. The van der Waals surface area contributed by atoms with Crippen LogP contribution in [0.3, 0.4) is 0 Å². The highest BCUT2D eigenvalue weighted by atomic mass is 32.2. The summed E-state index contributed by atoms with van der Waals surface area (Å²) in [6, 6.07) is 10.7. The second-order valence-corrected chi connectivity index (χ2v) is 16.5. The summed E-state index contributed by atoms with van der Waals surface area (Å²) < 4.78 is 134. The largest absolute Gasteiger partial charge is 0.435 e. The van der Waals surface area contributed by atoms with E-state index in [1.54, 1.807) is 38.2 Å². The van der Waals surface area contributed by atoms with Crippen LogP contribution in [0.4, 0.5) is 36.6 Å². The molecule has 1 saturated carbocycles. The SMILES string of the molecule is CCNS(=O)(=O)Nc1nn(C)c2c(-c3ccc(C#CC(C)(C)O)nc3[C@@H](CC(=O)Cn3nc(C(F)(F)F)c4c3C(F)(F)[C@@H]3C[C@H]43)Cc3cc(F)cc(F)c3)cccc12. The first kappa shape index (κ1) is 40.9. The minimum Gasteiger partial charge on any atom is -0.378 e. The number of para-hydroxylation sites is 1. The molecule has 7 rings (SSSR count). The van der Waals surface area contributed by atoms with Gasteiger partial charge in [-0.3, -0.25) is 18.9 Å². The van der Waals surface area contributed by atoms with Crippen LogP contribution in [0, 0.1) is 29.4 Å². The van der Waals surface area contributed by atoms with E-state index in [0.29, 0.717) is 32.8 Å². The molecule has 3 atom stereocenters. The zero-order chi connectivity index (χ0) is 42.1. The summed E-state index contributed by atoms with van der Waals surface area (Å²) in [5.74, 6) is -4.45. The van der Waals surface area contributed by atoms with Crippen molar-refractivity contribution in [3.05, 3.63) is 94.1 Å². The number of nitrogens with one attached hydrogen (secondary N) is 2. The summed E-state index contributed by atoms with van der Waals surface area (Å²) in [4.78, 5) is 18.8. The van der Waals surface area contributed by atoms with Gasteiger partial charge in [0.05, 0.1) is 11.2 Å². The van der Waals surface area contributed by atoms with Gasteiger partial charge in [-0.25, -0.2) is 13.8 Å². The van der Waals surface area contributed by atoms with Gasteiger partial charge < -0.3 is 5.11 Å². The van der Waals surface area contributed by atoms with E-state index in [1.807, 2.05) is 0 Å². The van der Waals surface area contributed by atoms with Crippen LogP contribution in [-0.2, 0) is 47.1 Å². The number of hydrogen-bond donors (Lipinski definition) is 3. The number of pyridine rings is 1. The number of carbonyl (C=O) groups excluding carboxylic acids is 1. The van der Waals surface area contributed by atoms with Gasteiger partial charge in [-0.1, -0.05) is 25.0 Å². The smallest absolute Gasteiger partial charge is 0.378 e. The van der Waals surface area contributed by atoms with Crippen molar-refractivity contribution in [3.8, 4) is 23.0 Å². The number of fused-ring (bicyclic) bond motifs is 4. The lowest BCUT2D eigenvalue weighted by molar-refractivity contribution is -0.142. The van der Waals surface area contributed by atoms with Crippen molar-refractivity contribution in [3.63, 3.8) is 0 Å². The van der Waals surface area contributed by atoms with E-state index in [4.69, 9.17) is 4.98 Å². The molecule has 3 aromatic heterocycles. The van der Waals surface area contributed by atoms with Crippen LogP contribution in [0.1, 0.15) is 79.4 Å². The predicted molar refractivity (Wildman–Crippen MR) is 198 cm³/mol. The number of carbonyl (C=O) groups is 1. The highest BCUT2D eigenvalue weighted by Gasteiger charge is 2.68. The minimum absolute atomic E-state index is 0.0242. The van der Waals surface area contributed by atoms with Crippen molar-refractivity contribution in [2.75, 3.05) is 11.3 Å². The van der Waals surface area contributed by atoms with Gasteiger partial charge in [0.1, 0.15) is 35.2 Å². The van der Waals surface area contributed by atoms with Crippen LogP contribution in [0.15, 0.2) is 48.5 Å². The fraction of sp³-hybridized carbons (Fsp3) is 0.385. The van der Waals surface area contributed by atoms with E-state index in [0.717, 1.165) is 12.1 Å². The van der Waals surface area contributed by atoms with E-state index in [9.17, 15) is 40.3 Å². The van der Waals surface area contributed by atoms with E-state index >= 15 is 8.78 Å². The summed E-state index contributed by atoms with van der Waals surface area (Å²) in [6.07, 6.45) is -6.05. The molecule has 3 heterocycles. The highest BCUT2D eigenvalue weighted by Crippen LogP contribution is 2.68. The Labute approximate surface area is 327 Å². The zero-order valence-electron chi connectivity index (χ0n) is 31.3. The third-order valence-electron chi connectivity index (χ3n) is 9.93. The molecule has 2 aromatic carbocycles. The first-order valence-corrected chi connectivity index (χ1v) is 19.6. The predicted octanol–water partition coefficient (Wildman–Crippen LogP) is 6.71. The number of rotatable bonds is 12. The number of benzene rings is 2. The maximum absolute atomic E-state index is 15.4. The third-order valence-corrected chi connectivity index (χ3v) is 11.1. The topological polar surface area (TPSA) is 144 Å². The maximum Gasteiger partial charge on any atom is 0.435 e. The Kier molecular flexibility index (Phi) is 10.2. The van der Waals surface area contributed by atoms with Crippen molar-refractivity contribution < 1.29 is 49.1 Å². The van der Waals surface area contributed by atoms with Crippen LogP contribution < -0.4 is 9.44 Å². The van der Waals surface area contributed by atoms with Crippen molar-refractivity contribution in [1.29, 1.82) is 0 Å². The summed E-state index contributed by atoms with van der Waals surface area (Å²) in [7, 11) is -2.47. The molecule has 19 heteroatoms. The fourth-order valence-corrected chi connectivity index (χ4v) is 8.52. The van der Waals surface area contributed by atoms with E-state index in [-0.39, 0.29) is 42.2 Å². The molecule has 306 valence electrons. The van der Waals surface area contributed by atoms with E-state index in [2.05, 4.69) is 31.5 Å². The van der Waals surface area contributed by atoms with Gasteiger partial charge in [0.15, 0.2) is 17.3 Å². The molecule has 0 spiro atoms. The molecule has 0 amide bonds. The van der Waals surface area contributed by atoms with Crippen molar-refractivity contribution in [2.45, 2.75) is 76.1 Å². The molecule has 3 N–H and O–H groups in total. The first-order chi connectivity index (χ1) is 27.1. The molecule has 0 unspecified atom stereocenters. The molecule has 0 saturated heterocycles. The maximum atomic E-state index is 15.4. The molecule has 0 radical (unpaired) electrons. The van der Waals surface area contributed by atoms with Crippen molar-refractivity contribution >= 4 is 32.7 Å². The summed E-state index contributed by atoms with van der Waals surface area (Å²) in [6.45, 7) is 3.58. The number of alkyl halides is 5. The quantitative estimate of drug-likeness (QED) is 0.0937. The molecule has 2 aliphatic rings. The number of halogens is 7. The molecule has 0 bridgehead atoms. The molecule has 11 nitrogen and oxygen atoms in total. The van der Waals surface area contributed by atoms with Gasteiger partial charge in [0.2, 0.25) is 0 Å². The Hall–Kier alpha value is -5.32. The monoisotopic (exact) mass is 831 g/mol. The van der Waals surface area contributed by atoms with Gasteiger partial charge in [-0.05, 0) is 74.4 Å². The lowest BCUT2D eigenvalue weighted by Gasteiger charge is -2.21. The Balaban J connectivity index is 1.37. The third kappa shape index (κ3) is 8.05. The van der Waals surface area contributed by atoms with Crippen LogP contribution in [0.25, 0.3) is 22.0 Å². The lowest BCUT2D eigenvalue weighted by atomic mass is 9.86. The number of nitrogens with zero attached hydrogens (tertiary/aromatic N) is 5. The van der Waals surface area contributed by atoms with Gasteiger partial charge in [0, 0.05) is 60.0 Å². The van der Waals surface area contributed by atoms with Crippen LogP contribution in [0.5, 0.6) is 0 Å². The van der Waals surface area contributed by atoms with E-state index in [1.165, 1.54) is 24.6 Å². The minimum atomic E-state index is -5.06. The molecule has 0 aliphatic heterocycles. The fourth-order valence-electron chi connectivity index (χ4n) is 7.66.